The first-order chi connectivity index (χ1) is 7.18. The standard InChI is InChI=1S/C11H16N2O2/c1-8-12-9-4-2-3-5-10(9)13(8)7-6-11(14)15/h2-7H2,1H3,(H,14,15). The minimum Gasteiger partial charge on any atom is -0.481 e. The second-order valence-electron chi connectivity index (χ2n) is 4.05. The lowest BCUT2D eigenvalue weighted by Crippen LogP contribution is -2.11. The van der Waals surface area contributed by atoms with Crippen molar-refractivity contribution < 1.29 is 9.90 Å². The van der Waals surface area contributed by atoms with Crippen molar-refractivity contribution in [3.63, 3.8) is 0 Å². The number of carboxylic acids is 1. The van der Waals surface area contributed by atoms with Crippen LogP contribution in [0.1, 0.15) is 36.5 Å². The number of imidazole rings is 1. The summed E-state index contributed by atoms with van der Waals surface area (Å²) in [6, 6.07) is 0. The normalized spacial score (nSPS) is 15.0. The predicted molar refractivity (Wildman–Crippen MR) is 55.9 cm³/mol. The molecule has 4 heteroatoms. The predicted octanol–water partition coefficient (Wildman–Crippen LogP) is 1.55. The maximum Gasteiger partial charge on any atom is 0.305 e. The van der Waals surface area contributed by atoms with Crippen molar-refractivity contribution in [2.45, 2.75) is 45.6 Å². The van der Waals surface area contributed by atoms with Crippen LogP contribution in [0.2, 0.25) is 0 Å². The molecule has 0 aliphatic heterocycles. The lowest BCUT2D eigenvalue weighted by Gasteiger charge is -2.13. The van der Waals surface area contributed by atoms with Gasteiger partial charge in [0.1, 0.15) is 5.82 Å². The maximum absolute atomic E-state index is 10.5. The molecule has 0 atom stereocenters. The van der Waals surface area contributed by atoms with Crippen LogP contribution < -0.4 is 0 Å². The summed E-state index contributed by atoms with van der Waals surface area (Å²) in [7, 11) is 0. The van der Waals surface area contributed by atoms with Gasteiger partial charge in [-0.2, -0.15) is 0 Å². The van der Waals surface area contributed by atoms with E-state index in [4.69, 9.17) is 5.11 Å². The lowest BCUT2D eigenvalue weighted by atomic mass is 10.0. The van der Waals surface area contributed by atoms with E-state index in [1.165, 1.54) is 24.2 Å². The third-order valence-electron chi connectivity index (χ3n) is 2.97. The van der Waals surface area contributed by atoms with E-state index in [1.807, 2.05) is 6.92 Å². The average Bonchev–Trinajstić information content (AvgIpc) is 2.50. The van der Waals surface area contributed by atoms with Crippen LogP contribution in [0.25, 0.3) is 0 Å². The van der Waals surface area contributed by atoms with Crippen molar-refractivity contribution >= 4 is 5.97 Å². The van der Waals surface area contributed by atoms with Gasteiger partial charge in [-0.05, 0) is 32.6 Å². The van der Waals surface area contributed by atoms with E-state index in [0.29, 0.717) is 6.54 Å². The molecule has 0 spiro atoms. The second kappa shape index (κ2) is 4.04. The molecule has 0 unspecified atom stereocenters. The highest BCUT2D eigenvalue weighted by atomic mass is 16.4. The van der Waals surface area contributed by atoms with Gasteiger partial charge in [0, 0.05) is 12.2 Å². The Morgan fingerprint density at radius 1 is 1.47 bits per heavy atom. The highest BCUT2D eigenvalue weighted by molar-refractivity contribution is 5.66. The van der Waals surface area contributed by atoms with Crippen molar-refractivity contribution in [2.24, 2.45) is 0 Å². The number of fused-ring (bicyclic) bond motifs is 1. The number of carbonyl (C=O) groups is 1. The van der Waals surface area contributed by atoms with E-state index in [0.717, 1.165) is 18.7 Å². The topological polar surface area (TPSA) is 55.1 Å². The molecular formula is C11H16N2O2. The van der Waals surface area contributed by atoms with Gasteiger partial charge >= 0.3 is 5.97 Å². The van der Waals surface area contributed by atoms with Crippen LogP contribution in [-0.4, -0.2) is 20.6 Å². The average molecular weight is 208 g/mol. The Hall–Kier alpha value is -1.32. The quantitative estimate of drug-likeness (QED) is 0.819. The fourth-order valence-electron chi connectivity index (χ4n) is 2.24. The molecule has 15 heavy (non-hydrogen) atoms. The second-order valence-corrected chi connectivity index (χ2v) is 4.05. The zero-order chi connectivity index (χ0) is 10.8. The Morgan fingerprint density at radius 3 is 2.93 bits per heavy atom. The Labute approximate surface area is 88.9 Å². The van der Waals surface area contributed by atoms with Crippen molar-refractivity contribution in [1.29, 1.82) is 0 Å². The SMILES string of the molecule is Cc1nc2c(n1CCC(=O)O)CCCC2. The summed E-state index contributed by atoms with van der Waals surface area (Å²) in [5.41, 5.74) is 2.45. The Bertz CT molecular complexity index is 382. The number of nitrogens with zero attached hydrogens (tertiary/aromatic N) is 2. The molecule has 82 valence electrons. The molecule has 1 aromatic heterocycles. The maximum atomic E-state index is 10.5. The van der Waals surface area contributed by atoms with Gasteiger partial charge in [-0.25, -0.2) is 4.98 Å². The van der Waals surface area contributed by atoms with E-state index in [-0.39, 0.29) is 6.42 Å². The smallest absolute Gasteiger partial charge is 0.305 e. The molecule has 2 rings (SSSR count). The molecule has 1 aliphatic rings. The molecule has 1 aromatic rings. The molecular weight excluding hydrogens is 192 g/mol. The van der Waals surface area contributed by atoms with Crippen LogP contribution in [0.5, 0.6) is 0 Å². The summed E-state index contributed by atoms with van der Waals surface area (Å²) in [4.78, 5) is 15.0. The molecule has 1 heterocycles. The first-order valence-corrected chi connectivity index (χ1v) is 5.45. The van der Waals surface area contributed by atoms with Crippen LogP contribution in [-0.2, 0) is 24.2 Å². The molecule has 0 aromatic carbocycles. The van der Waals surface area contributed by atoms with E-state index >= 15 is 0 Å². The minimum atomic E-state index is -0.743. The number of aromatic nitrogens is 2. The van der Waals surface area contributed by atoms with Crippen LogP contribution in [0.15, 0.2) is 0 Å². The number of hydrogen-bond acceptors (Lipinski definition) is 2. The summed E-state index contributed by atoms with van der Waals surface area (Å²) in [5.74, 6) is 0.218. The fraction of sp³-hybridized carbons (Fsp3) is 0.636. The number of aliphatic carboxylic acids is 1. The summed E-state index contributed by atoms with van der Waals surface area (Å²) < 4.78 is 2.07. The van der Waals surface area contributed by atoms with Gasteiger partial charge < -0.3 is 9.67 Å². The number of rotatable bonds is 3. The van der Waals surface area contributed by atoms with Gasteiger partial charge in [0.25, 0.3) is 0 Å². The van der Waals surface area contributed by atoms with Gasteiger partial charge in [0.15, 0.2) is 0 Å². The Kier molecular flexibility index (Phi) is 2.75. The van der Waals surface area contributed by atoms with Gasteiger partial charge in [-0.15, -0.1) is 0 Å². The summed E-state index contributed by atoms with van der Waals surface area (Å²) in [5, 5.41) is 8.67. The zero-order valence-corrected chi connectivity index (χ0v) is 8.99. The first kappa shape index (κ1) is 10.2. The van der Waals surface area contributed by atoms with Gasteiger partial charge in [0.05, 0.1) is 12.1 Å². The number of carboxylic acid groups (broad SMARTS) is 1. The number of aryl methyl sites for hydroxylation is 2. The van der Waals surface area contributed by atoms with Gasteiger partial charge in [0.2, 0.25) is 0 Å². The van der Waals surface area contributed by atoms with E-state index in [9.17, 15) is 4.79 Å². The van der Waals surface area contributed by atoms with Crippen molar-refractivity contribution in [2.75, 3.05) is 0 Å². The van der Waals surface area contributed by atoms with Crippen molar-refractivity contribution in [3.05, 3.63) is 17.2 Å². The van der Waals surface area contributed by atoms with Crippen LogP contribution in [0.3, 0.4) is 0 Å². The zero-order valence-electron chi connectivity index (χ0n) is 8.99. The third kappa shape index (κ3) is 2.03. The molecule has 1 N–H and O–H groups in total. The third-order valence-corrected chi connectivity index (χ3v) is 2.97. The van der Waals surface area contributed by atoms with Crippen LogP contribution >= 0.6 is 0 Å². The first-order valence-electron chi connectivity index (χ1n) is 5.45. The molecule has 0 saturated heterocycles. The largest absolute Gasteiger partial charge is 0.481 e. The van der Waals surface area contributed by atoms with Crippen LogP contribution in [0.4, 0.5) is 0 Å². The highest BCUT2D eigenvalue weighted by Gasteiger charge is 2.17. The van der Waals surface area contributed by atoms with E-state index < -0.39 is 5.97 Å². The van der Waals surface area contributed by atoms with E-state index in [1.54, 1.807) is 0 Å². The Balaban J connectivity index is 2.21. The lowest BCUT2D eigenvalue weighted by molar-refractivity contribution is -0.137. The summed E-state index contributed by atoms with van der Waals surface area (Å²) >= 11 is 0. The summed E-state index contributed by atoms with van der Waals surface area (Å²) in [6.07, 6.45) is 4.70. The molecule has 0 amide bonds. The minimum absolute atomic E-state index is 0.184. The van der Waals surface area contributed by atoms with E-state index in [2.05, 4.69) is 9.55 Å². The molecule has 0 radical (unpaired) electrons. The van der Waals surface area contributed by atoms with Crippen molar-refractivity contribution in [3.8, 4) is 0 Å². The van der Waals surface area contributed by atoms with Gasteiger partial charge in [-0.3, -0.25) is 4.79 Å². The van der Waals surface area contributed by atoms with Crippen LogP contribution in [0, 0.1) is 6.92 Å². The highest BCUT2D eigenvalue weighted by Crippen LogP contribution is 2.22. The molecule has 0 saturated carbocycles. The summed E-state index contributed by atoms with van der Waals surface area (Å²) in [6.45, 7) is 2.52. The Morgan fingerprint density at radius 2 is 2.20 bits per heavy atom. The monoisotopic (exact) mass is 208 g/mol. The molecule has 0 fully saturated rings. The molecule has 0 bridgehead atoms. The van der Waals surface area contributed by atoms with Gasteiger partial charge in [-0.1, -0.05) is 0 Å². The number of hydrogen-bond donors (Lipinski definition) is 1. The molecule has 4 nitrogen and oxygen atoms in total. The molecule has 1 aliphatic carbocycles. The van der Waals surface area contributed by atoms with Crippen molar-refractivity contribution in [1.82, 2.24) is 9.55 Å². The fourth-order valence-corrected chi connectivity index (χ4v) is 2.24.